The van der Waals surface area contributed by atoms with Gasteiger partial charge in [0.2, 0.25) is 5.91 Å². The molecule has 138 valence electrons. The van der Waals surface area contributed by atoms with Crippen LogP contribution in [0.2, 0.25) is 0 Å². The first-order valence-electron chi connectivity index (χ1n) is 9.22. The smallest absolute Gasteiger partial charge is 0.237 e. The Hall–Kier alpha value is -2.40. The van der Waals surface area contributed by atoms with E-state index in [-0.39, 0.29) is 17.8 Å². The molecule has 0 bridgehead atoms. The highest BCUT2D eigenvalue weighted by atomic mass is 19.1. The van der Waals surface area contributed by atoms with E-state index in [1.54, 1.807) is 12.1 Å². The lowest BCUT2D eigenvalue weighted by Gasteiger charge is -2.34. The van der Waals surface area contributed by atoms with Crippen LogP contribution in [0.1, 0.15) is 30.4 Å². The van der Waals surface area contributed by atoms with E-state index >= 15 is 0 Å². The first-order chi connectivity index (χ1) is 12.6. The summed E-state index contributed by atoms with van der Waals surface area (Å²) in [4.78, 5) is 14.9. The zero-order valence-corrected chi connectivity index (χ0v) is 15.0. The molecule has 2 aromatic carbocycles. The first kappa shape index (κ1) is 18.4. The summed E-state index contributed by atoms with van der Waals surface area (Å²) in [6.45, 7) is 2.19. The van der Waals surface area contributed by atoms with Crippen molar-refractivity contribution >= 4 is 11.6 Å². The molecule has 1 unspecified atom stereocenters. The van der Waals surface area contributed by atoms with E-state index in [0.29, 0.717) is 13.1 Å². The van der Waals surface area contributed by atoms with Gasteiger partial charge >= 0.3 is 0 Å². The van der Waals surface area contributed by atoms with Crippen LogP contribution in [-0.4, -0.2) is 29.9 Å². The van der Waals surface area contributed by atoms with Crippen molar-refractivity contribution in [3.63, 3.8) is 0 Å². The molecule has 1 aliphatic rings. The molecular weight excluding hydrogens is 329 g/mol. The topological polar surface area (TPSA) is 58.4 Å². The van der Waals surface area contributed by atoms with Crippen LogP contribution in [0.15, 0.2) is 48.5 Å². The second kappa shape index (κ2) is 8.81. The lowest BCUT2D eigenvalue weighted by Crippen LogP contribution is -2.49. The quantitative estimate of drug-likeness (QED) is 0.783. The maximum atomic E-state index is 13.1. The Labute approximate surface area is 154 Å². The third-order valence-corrected chi connectivity index (χ3v) is 4.91. The number of hydrogen-bond acceptors (Lipinski definition) is 3. The number of nitrogens with zero attached hydrogens (tertiary/aromatic N) is 1. The number of carbonyl (C=O) groups is 1. The maximum Gasteiger partial charge on any atom is 0.237 e. The van der Waals surface area contributed by atoms with Gasteiger partial charge in [-0.15, -0.1) is 0 Å². The summed E-state index contributed by atoms with van der Waals surface area (Å²) in [5.41, 5.74) is 8.63. The lowest BCUT2D eigenvalue weighted by molar-refractivity contribution is -0.127. The Balaban J connectivity index is 1.53. The number of nitrogen functional groups attached to an aromatic ring is 1. The molecule has 3 rings (SSSR count). The number of likely N-dealkylation sites (tertiary alicyclic amines) is 1. The van der Waals surface area contributed by atoms with Crippen molar-refractivity contribution in [2.75, 3.05) is 18.8 Å². The number of nitrogens with two attached hydrogens (primary N) is 1. The van der Waals surface area contributed by atoms with Crippen LogP contribution in [0, 0.1) is 5.82 Å². The number of carbonyl (C=O) groups excluding carboxylic acids is 1. The number of rotatable bonds is 6. The molecule has 26 heavy (non-hydrogen) atoms. The van der Waals surface area contributed by atoms with Gasteiger partial charge in [-0.3, -0.25) is 9.69 Å². The fraction of sp³-hybridized carbons (Fsp3) is 0.381. The molecule has 0 aliphatic carbocycles. The second-order valence-electron chi connectivity index (χ2n) is 6.89. The summed E-state index contributed by atoms with van der Waals surface area (Å²) < 4.78 is 13.1. The van der Waals surface area contributed by atoms with Gasteiger partial charge in [0.25, 0.3) is 0 Å². The van der Waals surface area contributed by atoms with Crippen molar-refractivity contribution in [1.82, 2.24) is 10.2 Å². The van der Waals surface area contributed by atoms with E-state index in [0.717, 1.165) is 49.0 Å². The number of amides is 1. The highest BCUT2D eigenvalue weighted by molar-refractivity contribution is 5.81. The monoisotopic (exact) mass is 355 g/mol. The van der Waals surface area contributed by atoms with Crippen LogP contribution in [0.25, 0.3) is 0 Å². The van der Waals surface area contributed by atoms with Gasteiger partial charge in [0, 0.05) is 18.8 Å². The van der Waals surface area contributed by atoms with Crippen LogP contribution in [0.4, 0.5) is 10.1 Å². The number of anilines is 1. The van der Waals surface area contributed by atoms with Crippen molar-refractivity contribution in [2.45, 2.75) is 38.3 Å². The van der Waals surface area contributed by atoms with Gasteiger partial charge in [0.15, 0.2) is 0 Å². The van der Waals surface area contributed by atoms with Gasteiger partial charge in [-0.25, -0.2) is 4.39 Å². The molecule has 1 heterocycles. The summed E-state index contributed by atoms with van der Waals surface area (Å²) in [6.07, 6.45) is 3.82. The molecule has 0 aromatic heterocycles. The van der Waals surface area contributed by atoms with E-state index in [1.165, 1.54) is 12.1 Å². The Morgan fingerprint density at radius 3 is 2.50 bits per heavy atom. The molecule has 1 fully saturated rings. The number of nitrogens with one attached hydrogen (secondary N) is 1. The minimum absolute atomic E-state index is 0.0854. The van der Waals surface area contributed by atoms with Crippen LogP contribution < -0.4 is 11.1 Å². The van der Waals surface area contributed by atoms with Crippen LogP contribution in [0.5, 0.6) is 0 Å². The van der Waals surface area contributed by atoms with Crippen molar-refractivity contribution in [3.8, 4) is 0 Å². The molecule has 0 saturated carbocycles. The number of halogens is 1. The summed E-state index contributed by atoms with van der Waals surface area (Å²) in [5, 5.41) is 3.07. The molecule has 1 amide bonds. The molecule has 2 aromatic rings. The molecule has 3 N–H and O–H groups in total. The molecule has 1 aliphatic heterocycles. The molecule has 0 spiro atoms. The van der Waals surface area contributed by atoms with E-state index < -0.39 is 0 Å². The minimum atomic E-state index is -0.232. The molecular formula is C21H26FN3O. The lowest BCUT2D eigenvalue weighted by atomic mass is 10.00. The van der Waals surface area contributed by atoms with Gasteiger partial charge < -0.3 is 11.1 Å². The van der Waals surface area contributed by atoms with Gasteiger partial charge in [0.1, 0.15) is 5.82 Å². The number of hydrogen-bond donors (Lipinski definition) is 2. The first-order valence-corrected chi connectivity index (χ1v) is 9.22. The molecule has 1 saturated heterocycles. The van der Waals surface area contributed by atoms with Gasteiger partial charge in [-0.1, -0.05) is 30.7 Å². The maximum absolute atomic E-state index is 13.1. The standard InChI is InChI=1S/C21H26FN3O/c22-18-8-4-17(5-9-18)15-25-14-2-1-3-20(25)21(26)24-13-12-16-6-10-19(23)11-7-16/h4-11,20H,1-3,12-15,23H2,(H,24,26). The van der Waals surface area contributed by atoms with Crippen molar-refractivity contribution < 1.29 is 9.18 Å². The summed E-state index contributed by atoms with van der Waals surface area (Å²) >= 11 is 0. The average Bonchev–Trinajstić information content (AvgIpc) is 2.65. The fourth-order valence-corrected chi connectivity index (χ4v) is 3.43. The van der Waals surface area contributed by atoms with Gasteiger partial charge in [-0.2, -0.15) is 0 Å². The molecule has 5 heteroatoms. The largest absolute Gasteiger partial charge is 0.399 e. The van der Waals surface area contributed by atoms with E-state index in [1.807, 2.05) is 24.3 Å². The van der Waals surface area contributed by atoms with Gasteiger partial charge in [0.05, 0.1) is 6.04 Å². The van der Waals surface area contributed by atoms with Gasteiger partial charge in [-0.05, 0) is 61.2 Å². The van der Waals surface area contributed by atoms with Crippen molar-refractivity contribution in [3.05, 3.63) is 65.5 Å². The predicted octanol–water partition coefficient (Wildman–Crippen LogP) is 3.12. The number of benzene rings is 2. The Kier molecular flexibility index (Phi) is 6.23. The Morgan fingerprint density at radius 1 is 1.08 bits per heavy atom. The molecule has 4 nitrogen and oxygen atoms in total. The summed E-state index contributed by atoms with van der Waals surface area (Å²) in [7, 11) is 0. The minimum Gasteiger partial charge on any atom is -0.399 e. The summed E-state index contributed by atoms with van der Waals surface area (Å²) in [5.74, 6) is -0.147. The molecule has 1 atom stereocenters. The summed E-state index contributed by atoms with van der Waals surface area (Å²) in [6, 6.07) is 14.2. The average molecular weight is 355 g/mol. The normalized spacial score (nSPS) is 17.8. The van der Waals surface area contributed by atoms with Crippen LogP contribution in [-0.2, 0) is 17.8 Å². The van der Waals surface area contributed by atoms with Crippen LogP contribution >= 0.6 is 0 Å². The second-order valence-corrected chi connectivity index (χ2v) is 6.89. The third-order valence-electron chi connectivity index (χ3n) is 4.91. The predicted molar refractivity (Wildman–Crippen MR) is 102 cm³/mol. The Bertz CT molecular complexity index is 715. The van der Waals surface area contributed by atoms with E-state index in [2.05, 4.69) is 10.2 Å². The third kappa shape index (κ3) is 5.05. The number of piperidine rings is 1. The van der Waals surface area contributed by atoms with E-state index in [9.17, 15) is 9.18 Å². The zero-order valence-electron chi connectivity index (χ0n) is 15.0. The highest BCUT2D eigenvalue weighted by Gasteiger charge is 2.28. The van der Waals surface area contributed by atoms with Crippen molar-refractivity contribution in [2.24, 2.45) is 0 Å². The van der Waals surface area contributed by atoms with E-state index in [4.69, 9.17) is 5.73 Å². The highest BCUT2D eigenvalue weighted by Crippen LogP contribution is 2.20. The Morgan fingerprint density at radius 2 is 1.77 bits per heavy atom. The fourth-order valence-electron chi connectivity index (χ4n) is 3.43. The zero-order chi connectivity index (χ0) is 18.4. The van der Waals surface area contributed by atoms with Crippen molar-refractivity contribution in [1.29, 1.82) is 0 Å². The SMILES string of the molecule is Nc1ccc(CCNC(=O)C2CCCCN2Cc2ccc(F)cc2)cc1. The van der Waals surface area contributed by atoms with Crippen LogP contribution in [0.3, 0.4) is 0 Å². The molecule has 0 radical (unpaired) electrons.